The summed E-state index contributed by atoms with van der Waals surface area (Å²) in [7, 11) is 0. The summed E-state index contributed by atoms with van der Waals surface area (Å²) in [6.07, 6.45) is 6.37. The van der Waals surface area contributed by atoms with Gasteiger partial charge in [-0.2, -0.15) is 0 Å². The number of carbonyl (C=O) groups is 1. The van der Waals surface area contributed by atoms with Crippen molar-refractivity contribution in [3.05, 3.63) is 47.2 Å². The fourth-order valence-corrected chi connectivity index (χ4v) is 3.61. The fraction of sp³-hybridized carbons (Fsp3) is 0.176. The lowest BCUT2D eigenvalue weighted by Crippen LogP contribution is -2.18. The number of fused-ring (bicyclic) bond motifs is 1. The van der Waals surface area contributed by atoms with Crippen LogP contribution in [0.2, 0.25) is 0 Å². The molecule has 2 aromatic heterocycles. The fourth-order valence-electron chi connectivity index (χ4n) is 2.71. The molecule has 6 heteroatoms. The monoisotopic (exact) mass is 322 g/mol. The van der Waals surface area contributed by atoms with Crippen LogP contribution in [0.5, 0.6) is 0 Å². The number of thiazole rings is 1. The van der Waals surface area contributed by atoms with Crippen LogP contribution in [0.1, 0.15) is 16.9 Å². The molecule has 1 amide bonds. The van der Waals surface area contributed by atoms with Crippen molar-refractivity contribution in [2.24, 2.45) is 0 Å². The highest BCUT2D eigenvalue weighted by Gasteiger charge is 2.17. The maximum atomic E-state index is 11.5. The summed E-state index contributed by atoms with van der Waals surface area (Å²) >= 11 is 1.62. The van der Waals surface area contributed by atoms with Crippen molar-refractivity contribution in [1.29, 1.82) is 0 Å². The molecule has 23 heavy (non-hydrogen) atoms. The van der Waals surface area contributed by atoms with Crippen LogP contribution in [-0.2, 0) is 11.2 Å². The van der Waals surface area contributed by atoms with E-state index in [-0.39, 0.29) is 5.91 Å². The Bertz CT molecular complexity index is 889. The highest BCUT2D eigenvalue weighted by molar-refractivity contribution is 7.15. The number of nitrogens with zero attached hydrogens (tertiary/aromatic N) is 3. The van der Waals surface area contributed by atoms with Gasteiger partial charge >= 0.3 is 0 Å². The Balaban J connectivity index is 1.74. The van der Waals surface area contributed by atoms with E-state index < -0.39 is 0 Å². The Morgan fingerprint density at radius 3 is 2.96 bits per heavy atom. The van der Waals surface area contributed by atoms with Crippen LogP contribution in [0.4, 0.5) is 5.69 Å². The third-order valence-electron chi connectivity index (χ3n) is 3.85. The second-order valence-electron chi connectivity index (χ2n) is 5.43. The van der Waals surface area contributed by atoms with E-state index in [1.54, 1.807) is 29.9 Å². The molecule has 0 atom stereocenters. The molecule has 0 aliphatic carbocycles. The van der Waals surface area contributed by atoms with Crippen molar-refractivity contribution < 1.29 is 4.79 Å². The van der Waals surface area contributed by atoms with Crippen LogP contribution in [0, 0.1) is 6.92 Å². The van der Waals surface area contributed by atoms with Crippen LogP contribution in [0.3, 0.4) is 0 Å². The molecule has 0 unspecified atom stereocenters. The van der Waals surface area contributed by atoms with Gasteiger partial charge in [-0.3, -0.25) is 14.8 Å². The molecule has 3 heterocycles. The second kappa shape index (κ2) is 5.55. The third kappa shape index (κ3) is 2.61. The van der Waals surface area contributed by atoms with Gasteiger partial charge in [0, 0.05) is 34.9 Å². The first-order chi connectivity index (χ1) is 11.2. The van der Waals surface area contributed by atoms with Crippen molar-refractivity contribution in [3.63, 3.8) is 0 Å². The average molecular weight is 322 g/mol. The number of nitrogens with one attached hydrogen (secondary N) is 1. The number of amides is 1. The second-order valence-corrected chi connectivity index (χ2v) is 6.64. The van der Waals surface area contributed by atoms with Gasteiger partial charge in [0.1, 0.15) is 10.7 Å². The van der Waals surface area contributed by atoms with Gasteiger partial charge in [-0.25, -0.2) is 4.98 Å². The molecular formula is C17H14N4OS. The molecule has 114 valence electrons. The number of hydrogen-bond donors (Lipinski definition) is 1. The van der Waals surface area contributed by atoms with E-state index in [1.807, 2.05) is 12.1 Å². The Morgan fingerprint density at radius 2 is 2.13 bits per heavy atom. The average Bonchev–Trinajstić information content (AvgIpc) is 2.97. The molecule has 5 nitrogen and oxygen atoms in total. The smallest absolute Gasteiger partial charge is 0.224 e. The number of benzene rings is 1. The SMILES string of the molecule is Cc1sc(-c2cnccn2)nc1-c1ccc2c(c1)CCC(=O)N2. The molecule has 1 aliphatic rings. The topological polar surface area (TPSA) is 67.8 Å². The quantitative estimate of drug-likeness (QED) is 0.784. The lowest BCUT2D eigenvalue weighted by molar-refractivity contribution is -0.116. The lowest BCUT2D eigenvalue weighted by Gasteiger charge is -2.17. The molecule has 0 fully saturated rings. The molecule has 4 rings (SSSR count). The number of rotatable bonds is 2. The largest absolute Gasteiger partial charge is 0.326 e. The van der Waals surface area contributed by atoms with E-state index in [2.05, 4.69) is 28.3 Å². The van der Waals surface area contributed by atoms with Crippen LogP contribution in [0.25, 0.3) is 22.0 Å². The molecule has 0 bridgehead atoms. The molecule has 1 aromatic carbocycles. The van der Waals surface area contributed by atoms with Gasteiger partial charge in [0.05, 0.1) is 11.9 Å². The molecular weight excluding hydrogens is 308 g/mol. The Hall–Kier alpha value is -2.60. The van der Waals surface area contributed by atoms with Crippen molar-refractivity contribution in [1.82, 2.24) is 15.0 Å². The normalized spacial score (nSPS) is 13.5. The zero-order valence-corrected chi connectivity index (χ0v) is 13.4. The van der Waals surface area contributed by atoms with Gasteiger partial charge < -0.3 is 5.32 Å². The minimum absolute atomic E-state index is 0.0834. The van der Waals surface area contributed by atoms with E-state index in [0.717, 1.165) is 44.5 Å². The highest BCUT2D eigenvalue weighted by Crippen LogP contribution is 2.34. The van der Waals surface area contributed by atoms with E-state index in [1.165, 1.54) is 0 Å². The van der Waals surface area contributed by atoms with Gasteiger partial charge in [0.2, 0.25) is 5.91 Å². The van der Waals surface area contributed by atoms with Crippen LogP contribution in [-0.4, -0.2) is 20.9 Å². The predicted molar refractivity (Wildman–Crippen MR) is 90.3 cm³/mol. The Labute approximate surface area is 137 Å². The van der Waals surface area contributed by atoms with E-state index in [4.69, 9.17) is 4.98 Å². The summed E-state index contributed by atoms with van der Waals surface area (Å²) in [5.41, 5.74) is 4.90. The predicted octanol–water partition coefficient (Wildman–Crippen LogP) is 3.46. The minimum atomic E-state index is 0.0834. The zero-order valence-electron chi connectivity index (χ0n) is 12.5. The summed E-state index contributed by atoms with van der Waals surface area (Å²) < 4.78 is 0. The standard InChI is InChI=1S/C17H14N4OS/c1-10-16(21-17(23-10)14-9-18-6-7-19-14)12-2-4-13-11(8-12)3-5-15(22)20-13/h2,4,6-9H,3,5H2,1H3,(H,20,22). The van der Waals surface area contributed by atoms with Gasteiger partial charge in [-0.15, -0.1) is 11.3 Å². The summed E-state index contributed by atoms with van der Waals surface area (Å²) in [5, 5.41) is 3.78. The van der Waals surface area contributed by atoms with Crippen LogP contribution < -0.4 is 5.32 Å². The Kier molecular flexibility index (Phi) is 3.38. The molecule has 1 aliphatic heterocycles. The van der Waals surface area contributed by atoms with Crippen molar-refractivity contribution in [3.8, 4) is 22.0 Å². The van der Waals surface area contributed by atoms with Gasteiger partial charge in [-0.05, 0) is 31.0 Å². The van der Waals surface area contributed by atoms with Crippen molar-refractivity contribution in [2.45, 2.75) is 19.8 Å². The van der Waals surface area contributed by atoms with Gasteiger partial charge in [-0.1, -0.05) is 6.07 Å². The first kappa shape index (κ1) is 14.0. The summed E-state index contributed by atoms with van der Waals surface area (Å²) in [6, 6.07) is 6.09. The minimum Gasteiger partial charge on any atom is -0.326 e. The zero-order chi connectivity index (χ0) is 15.8. The van der Waals surface area contributed by atoms with Crippen molar-refractivity contribution >= 4 is 22.9 Å². The first-order valence-corrected chi connectivity index (χ1v) is 8.19. The molecule has 3 aromatic rings. The van der Waals surface area contributed by atoms with Crippen LogP contribution >= 0.6 is 11.3 Å². The van der Waals surface area contributed by atoms with Crippen LogP contribution in [0.15, 0.2) is 36.8 Å². The summed E-state index contributed by atoms with van der Waals surface area (Å²) in [4.78, 5) is 25.8. The maximum Gasteiger partial charge on any atom is 0.224 e. The molecule has 0 saturated heterocycles. The van der Waals surface area contributed by atoms with Gasteiger partial charge in [0.15, 0.2) is 0 Å². The first-order valence-electron chi connectivity index (χ1n) is 7.37. The summed E-state index contributed by atoms with van der Waals surface area (Å²) in [6.45, 7) is 2.06. The third-order valence-corrected chi connectivity index (χ3v) is 4.85. The number of anilines is 1. The number of carbonyl (C=O) groups excluding carboxylic acids is 1. The van der Waals surface area contributed by atoms with E-state index in [0.29, 0.717) is 6.42 Å². The lowest BCUT2D eigenvalue weighted by atomic mass is 9.99. The van der Waals surface area contributed by atoms with E-state index >= 15 is 0 Å². The molecule has 0 radical (unpaired) electrons. The molecule has 1 N–H and O–H groups in total. The molecule has 0 spiro atoms. The number of hydrogen-bond acceptors (Lipinski definition) is 5. The van der Waals surface area contributed by atoms with E-state index in [9.17, 15) is 4.79 Å². The van der Waals surface area contributed by atoms with Gasteiger partial charge in [0.25, 0.3) is 0 Å². The van der Waals surface area contributed by atoms with Crippen molar-refractivity contribution in [2.75, 3.05) is 5.32 Å². The maximum absolute atomic E-state index is 11.5. The molecule has 0 saturated carbocycles. The number of aromatic nitrogens is 3. The Morgan fingerprint density at radius 1 is 1.22 bits per heavy atom. The highest BCUT2D eigenvalue weighted by atomic mass is 32.1. The summed E-state index contributed by atoms with van der Waals surface area (Å²) in [5.74, 6) is 0.0834. The number of aryl methyl sites for hydroxylation is 2.